The first-order valence-corrected chi connectivity index (χ1v) is 10.7. The molecule has 1 aliphatic heterocycles. The molecule has 3 aromatic carbocycles. The Labute approximate surface area is 195 Å². The van der Waals surface area contributed by atoms with Gasteiger partial charge >= 0.3 is 0 Å². The lowest BCUT2D eigenvalue weighted by molar-refractivity contribution is 0.0968. The Hall–Kier alpha value is -4.52. The summed E-state index contributed by atoms with van der Waals surface area (Å²) in [5.74, 6) is 0.324. The van der Waals surface area contributed by atoms with E-state index in [4.69, 9.17) is 4.74 Å². The minimum absolute atomic E-state index is 0.195. The van der Waals surface area contributed by atoms with Gasteiger partial charge in [-0.1, -0.05) is 36.4 Å². The lowest BCUT2D eigenvalue weighted by atomic mass is 9.97. The number of nitrogens with zero attached hydrogens (tertiary/aromatic N) is 1. The van der Waals surface area contributed by atoms with Crippen molar-refractivity contribution in [2.75, 3.05) is 10.6 Å². The Morgan fingerprint density at radius 1 is 0.971 bits per heavy atom. The van der Waals surface area contributed by atoms with Gasteiger partial charge < -0.3 is 15.4 Å². The Morgan fingerprint density at radius 3 is 2.53 bits per heavy atom. The van der Waals surface area contributed by atoms with Crippen LogP contribution in [0.3, 0.4) is 0 Å². The first-order valence-electron chi connectivity index (χ1n) is 10.7. The van der Waals surface area contributed by atoms with E-state index in [-0.39, 0.29) is 17.2 Å². The van der Waals surface area contributed by atoms with Gasteiger partial charge in [-0.25, -0.2) is 9.37 Å². The number of aryl methyl sites for hydroxylation is 1. The molecule has 0 fully saturated rings. The summed E-state index contributed by atoms with van der Waals surface area (Å²) in [6.45, 7) is 1.73. The van der Waals surface area contributed by atoms with Crippen LogP contribution in [-0.2, 0) is 0 Å². The van der Waals surface area contributed by atoms with E-state index in [9.17, 15) is 14.0 Å². The summed E-state index contributed by atoms with van der Waals surface area (Å²) in [6, 6.07) is 21.3. The molecule has 0 radical (unpaired) electrons. The molecule has 0 spiro atoms. The Bertz CT molecular complexity index is 1400. The minimum Gasteiger partial charge on any atom is -0.455 e. The number of hydrogen-bond donors (Lipinski definition) is 2. The van der Waals surface area contributed by atoms with E-state index in [2.05, 4.69) is 15.6 Å². The second-order valence-electron chi connectivity index (χ2n) is 7.92. The number of halogens is 1. The van der Waals surface area contributed by atoms with E-state index in [0.29, 0.717) is 33.9 Å². The molecule has 0 saturated carbocycles. The van der Waals surface area contributed by atoms with Crippen LogP contribution in [-0.4, -0.2) is 16.7 Å². The average Bonchev–Trinajstić information content (AvgIpc) is 3.02. The van der Waals surface area contributed by atoms with E-state index in [1.54, 1.807) is 25.1 Å². The van der Waals surface area contributed by atoms with Crippen LogP contribution in [0.15, 0.2) is 85.1 Å². The van der Waals surface area contributed by atoms with Crippen LogP contribution in [0.2, 0.25) is 0 Å². The minimum atomic E-state index is -0.683. The molecule has 4 aromatic rings. The molecule has 6 nitrogen and oxygen atoms in total. The standard InChI is InChI=1S/C27H20FN3O3/c1-16-10-12-18(28)14-20(16)27(33)31-24-13-11-17(15-29-24)26(32)25-19-6-2-4-8-22(19)34-23-9-5-3-7-21(23)30-25/h2-15,25,30H,1H3,(H,29,31,33). The number of nitrogens with one attached hydrogen (secondary N) is 2. The second-order valence-corrected chi connectivity index (χ2v) is 7.92. The monoisotopic (exact) mass is 453 g/mol. The first-order chi connectivity index (χ1) is 16.5. The van der Waals surface area contributed by atoms with Crippen molar-refractivity contribution >= 4 is 23.2 Å². The summed E-state index contributed by atoms with van der Waals surface area (Å²) >= 11 is 0. The van der Waals surface area contributed by atoms with Gasteiger partial charge in [0.15, 0.2) is 11.5 Å². The number of carbonyl (C=O) groups is 2. The highest BCUT2D eigenvalue weighted by molar-refractivity contribution is 6.05. The van der Waals surface area contributed by atoms with Crippen molar-refractivity contribution in [2.45, 2.75) is 13.0 Å². The van der Waals surface area contributed by atoms with E-state index < -0.39 is 17.8 Å². The maximum Gasteiger partial charge on any atom is 0.257 e. The van der Waals surface area contributed by atoms with E-state index in [1.165, 1.54) is 18.3 Å². The molecule has 34 heavy (non-hydrogen) atoms. The van der Waals surface area contributed by atoms with Crippen LogP contribution in [0.4, 0.5) is 15.9 Å². The fourth-order valence-electron chi connectivity index (χ4n) is 3.85. The van der Waals surface area contributed by atoms with Gasteiger partial charge in [0.05, 0.1) is 5.69 Å². The molecule has 1 aromatic heterocycles. The first kappa shape index (κ1) is 21.3. The number of pyridine rings is 1. The van der Waals surface area contributed by atoms with Crippen molar-refractivity contribution in [3.8, 4) is 11.5 Å². The van der Waals surface area contributed by atoms with Crippen molar-refractivity contribution in [1.82, 2.24) is 4.98 Å². The SMILES string of the molecule is Cc1ccc(F)cc1C(=O)Nc1ccc(C(=O)C2Nc3ccccc3Oc3ccccc32)cn1. The molecular formula is C27H20FN3O3. The number of carbonyl (C=O) groups excluding carboxylic acids is 2. The number of fused-ring (bicyclic) bond motifs is 2. The summed E-state index contributed by atoms with van der Waals surface area (Å²) in [7, 11) is 0. The number of para-hydroxylation sites is 3. The van der Waals surface area contributed by atoms with Gasteiger partial charge in [0.1, 0.15) is 23.4 Å². The van der Waals surface area contributed by atoms with Gasteiger partial charge in [-0.05, 0) is 55.0 Å². The number of anilines is 2. The summed E-state index contributed by atoms with van der Waals surface area (Å²) in [5, 5.41) is 5.93. The highest BCUT2D eigenvalue weighted by Gasteiger charge is 2.29. The quantitative estimate of drug-likeness (QED) is 0.375. The van der Waals surface area contributed by atoms with Gasteiger partial charge in [-0.2, -0.15) is 0 Å². The predicted octanol–water partition coefficient (Wildman–Crippen LogP) is 5.92. The number of benzene rings is 3. The van der Waals surface area contributed by atoms with Crippen molar-refractivity contribution < 1.29 is 18.7 Å². The Kier molecular flexibility index (Phi) is 5.51. The fraction of sp³-hybridized carbons (Fsp3) is 0.0741. The lowest BCUT2D eigenvalue weighted by Gasteiger charge is -2.18. The van der Waals surface area contributed by atoms with Crippen molar-refractivity contribution in [3.63, 3.8) is 0 Å². The second kappa shape index (κ2) is 8.78. The normalized spacial score (nSPS) is 14.0. The van der Waals surface area contributed by atoms with Crippen LogP contribution in [0, 0.1) is 12.7 Å². The van der Waals surface area contributed by atoms with Gasteiger partial charge in [-0.3, -0.25) is 9.59 Å². The molecule has 168 valence electrons. The topological polar surface area (TPSA) is 80.3 Å². The van der Waals surface area contributed by atoms with Crippen LogP contribution in [0.5, 0.6) is 11.5 Å². The van der Waals surface area contributed by atoms with Crippen molar-refractivity contribution in [2.24, 2.45) is 0 Å². The van der Waals surface area contributed by atoms with Gasteiger partial charge in [0.25, 0.3) is 5.91 Å². The zero-order valence-electron chi connectivity index (χ0n) is 18.2. The zero-order chi connectivity index (χ0) is 23.7. The maximum atomic E-state index is 13.5. The molecule has 1 atom stereocenters. The van der Waals surface area contributed by atoms with E-state index in [0.717, 1.165) is 0 Å². The summed E-state index contributed by atoms with van der Waals surface area (Å²) < 4.78 is 19.6. The largest absolute Gasteiger partial charge is 0.455 e. The molecule has 7 heteroatoms. The molecule has 1 aliphatic rings. The highest BCUT2D eigenvalue weighted by Crippen LogP contribution is 2.40. The maximum absolute atomic E-state index is 13.5. The van der Waals surface area contributed by atoms with Crippen molar-refractivity contribution in [1.29, 1.82) is 0 Å². The number of hydrogen-bond acceptors (Lipinski definition) is 5. The molecule has 1 unspecified atom stereocenters. The molecule has 0 saturated heterocycles. The van der Waals surface area contributed by atoms with Gasteiger partial charge in [0.2, 0.25) is 0 Å². The lowest BCUT2D eigenvalue weighted by Crippen LogP contribution is -2.21. The van der Waals surface area contributed by atoms with Crippen LogP contribution >= 0.6 is 0 Å². The number of rotatable bonds is 4. The van der Waals surface area contributed by atoms with E-state index in [1.807, 2.05) is 48.5 Å². The molecule has 2 N–H and O–H groups in total. The molecular weight excluding hydrogens is 433 g/mol. The summed E-state index contributed by atoms with van der Waals surface area (Å²) in [5.41, 5.74) is 2.65. The number of aromatic nitrogens is 1. The van der Waals surface area contributed by atoms with Crippen LogP contribution < -0.4 is 15.4 Å². The number of ketones is 1. The summed E-state index contributed by atoms with van der Waals surface area (Å²) in [6.07, 6.45) is 1.42. The summed E-state index contributed by atoms with van der Waals surface area (Å²) in [4.78, 5) is 30.2. The fourth-order valence-corrected chi connectivity index (χ4v) is 3.85. The predicted molar refractivity (Wildman–Crippen MR) is 127 cm³/mol. The third-order valence-electron chi connectivity index (χ3n) is 5.63. The molecule has 1 amide bonds. The molecule has 5 rings (SSSR count). The van der Waals surface area contributed by atoms with Gasteiger partial charge in [0, 0.05) is 22.9 Å². The highest BCUT2D eigenvalue weighted by atomic mass is 19.1. The smallest absolute Gasteiger partial charge is 0.257 e. The number of amides is 1. The third-order valence-corrected chi connectivity index (χ3v) is 5.63. The van der Waals surface area contributed by atoms with E-state index >= 15 is 0 Å². The van der Waals surface area contributed by atoms with Crippen molar-refractivity contribution in [3.05, 3.63) is 113 Å². The Balaban J connectivity index is 1.40. The van der Waals surface area contributed by atoms with Crippen LogP contribution in [0.1, 0.15) is 37.9 Å². The average molecular weight is 453 g/mol. The molecule has 0 aliphatic carbocycles. The number of ether oxygens (including phenoxy) is 1. The number of Topliss-reactive ketones (excluding diaryl/α,β-unsaturated/α-hetero) is 1. The Morgan fingerprint density at radius 2 is 1.74 bits per heavy atom. The zero-order valence-corrected chi connectivity index (χ0v) is 18.2. The van der Waals surface area contributed by atoms with Gasteiger partial charge in [-0.15, -0.1) is 0 Å². The molecule has 0 bridgehead atoms. The molecule has 2 heterocycles. The van der Waals surface area contributed by atoms with Crippen LogP contribution in [0.25, 0.3) is 0 Å². The third kappa shape index (κ3) is 4.11.